The third-order valence-corrected chi connectivity index (χ3v) is 5.98. The number of unbranched alkanes of at least 4 members (excludes halogenated alkanes) is 2. The zero-order chi connectivity index (χ0) is 23.1. The van der Waals surface area contributed by atoms with Crippen LogP contribution in [0.4, 0.5) is 0 Å². The molecule has 1 aliphatic rings. The quantitative estimate of drug-likeness (QED) is 0.249. The molecule has 4 N–H and O–H groups in total. The highest BCUT2D eigenvalue weighted by atomic mass is 16.5. The van der Waals surface area contributed by atoms with Crippen molar-refractivity contribution in [3.8, 4) is 11.5 Å². The maximum atomic E-state index is 12.9. The van der Waals surface area contributed by atoms with Gasteiger partial charge in [-0.25, -0.2) is 4.79 Å². The molecule has 0 bridgehead atoms. The van der Waals surface area contributed by atoms with E-state index in [4.69, 9.17) is 9.84 Å². The molecule has 0 radical (unpaired) electrons. The second kappa shape index (κ2) is 11.3. The number of aliphatic hydroxyl groups is 2. The lowest BCUT2D eigenvalue weighted by Crippen LogP contribution is -2.23. The second-order valence-electron chi connectivity index (χ2n) is 8.61. The molecule has 0 fully saturated rings. The number of phenols is 2. The number of aromatic hydroxyl groups is 2. The predicted molar refractivity (Wildman–Crippen MR) is 120 cm³/mol. The number of carbonyl (C=O) groups excluding carboxylic acids is 1. The number of phenolic OH excluding ortho intramolecular Hbond substituents is 2. The summed E-state index contributed by atoms with van der Waals surface area (Å²) in [5, 5.41) is 40.6. The Balaban J connectivity index is 2.55. The number of hydrogen-bond donors (Lipinski definition) is 4. The standard InChI is InChI=1S/C25H36O6/c1-5-6-7-8-17-12-21(28)23(20-11-16(4)9-10-19(20)15(2)3)24(29)22(17)25(30)31-14-18(27)13-26/h11-12,18-20,26-29H,2,5-10,13-14H2,1,3-4H3/t18?,19-,20-/m1/s1. The van der Waals surface area contributed by atoms with Crippen molar-refractivity contribution in [3.05, 3.63) is 46.6 Å². The zero-order valence-corrected chi connectivity index (χ0v) is 18.9. The fraction of sp³-hybridized carbons (Fsp3) is 0.560. The van der Waals surface area contributed by atoms with Crippen molar-refractivity contribution in [3.63, 3.8) is 0 Å². The number of rotatable bonds is 10. The monoisotopic (exact) mass is 432 g/mol. The van der Waals surface area contributed by atoms with Crippen molar-refractivity contribution in [2.45, 2.75) is 71.3 Å². The molecule has 0 heterocycles. The maximum absolute atomic E-state index is 12.9. The van der Waals surface area contributed by atoms with Gasteiger partial charge in [0.2, 0.25) is 0 Å². The van der Waals surface area contributed by atoms with E-state index in [2.05, 4.69) is 13.5 Å². The van der Waals surface area contributed by atoms with Crippen LogP contribution in [0.3, 0.4) is 0 Å². The lowest BCUT2D eigenvalue weighted by molar-refractivity contribution is 0.00902. The van der Waals surface area contributed by atoms with Crippen molar-refractivity contribution in [2.75, 3.05) is 13.2 Å². The van der Waals surface area contributed by atoms with E-state index in [-0.39, 0.29) is 35.5 Å². The predicted octanol–water partition coefficient (Wildman–Crippen LogP) is 4.36. The van der Waals surface area contributed by atoms with Gasteiger partial charge >= 0.3 is 5.97 Å². The van der Waals surface area contributed by atoms with Gasteiger partial charge in [-0.2, -0.15) is 0 Å². The molecule has 1 aromatic rings. The minimum Gasteiger partial charge on any atom is -0.507 e. The third-order valence-electron chi connectivity index (χ3n) is 5.98. The highest BCUT2D eigenvalue weighted by molar-refractivity contribution is 5.95. The van der Waals surface area contributed by atoms with Crippen molar-refractivity contribution in [1.29, 1.82) is 0 Å². The summed E-state index contributed by atoms with van der Waals surface area (Å²) in [6, 6.07) is 1.55. The first-order valence-electron chi connectivity index (χ1n) is 11.1. The Morgan fingerprint density at radius 1 is 1.32 bits per heavy atom. The highest BCUT2D eigenvalue weighted by Gasteiger charge is 2.33. The van der Waals surface area contributed by atoms with Crippen LogP contribution in [0.5, 0.6) is 11.5 Å². The number of aryl methyl sites for hydroxylation is 1. The van der Waals surface area contributed by atoms with Gasteiger partial charge in [-0.3, -0.25) is 0 Å². The van der Waals surface area contributed by atoms with Crippen LogP contribution >= 0.6 is 0 Å². The minimum absolute atomic E-state index is 0.0196. The molecule has 6 nitrogen and oxygen atoms in total. The summed E-state index contributed by atoms with van der Waals surface area (Å²) in [5.41, 5.74) is 2.95. The van der Waals surface area contributed by atoms with E-state index >= 15 is 0 Å². The van der Waals surface area contributed by atoms with Gasteiger partial charge in [0.25, 0.3) is 0 Å². The SMILES string of the molecule is C=C(C)[C@H]1CCC(C)=C[C@H]1c1c(O)cc(CCCCC)c(C(=O)OCC(O)CO)c1O. The molecule has 0 aliphatic heterocycles. The molecule has 0 amide bonds. The number of aliphatic hydroxyl groups excluding tert-OH is 2. The second-order valence-corrected chi connectivity index (χ2v) is 8.61. The molecular formula is C25H36O6. The molecule has 172 valence electrons. The van der Waals surface area contributed by atoms with E-state index in [1.807, 2.05) is 19.9 Å². The Bertz CT molecular complexity index is 826. The van der Waals surface area contributed by atoms with Gasteiger partial charge in [0.1, 0.15) is 29.8 Å². The van der Waals surface area contributed by atoms with E-state index in [9.17, 15) is 20.1 Å². The molecule has 1 aromatic carbocycles. The smallest absolute Gasteiger partial charge is 0.342 e. The van der Waals surface area contributed by atoms with Gasteiger partial charge in [0, 0.05) is 11.5 Å². The first kappa shape index (κ1) is 25.0. The molecule has 0 aromatic heterocycles. The Kier molecular flexibility index (Phi) is 9.14. The Labute approximate surface area is 184 Å². The average Bonchev–Trinajstić information content (AvgIpc) is 2.71. The van der Waals surface area contributed by atoms with Crippen LogP contribution in [0, 0.1) is 5.92 Å². The van der Waals surface area contributed by atoms with Crippen molar-refractivity contribution < 1.29 is 30.0 Å². The number of benzene rings is 1. The minimum atomic E-state index is -1.19. The summed E-state index contributed by atoms with van der Waals surface area (Å²) < 4.78 is 5.16. The summed E-state index contributed by atoms with van der Waals surface area (Å²) >= 11 is 0. The Hall–Kier alpha value is -2.31. The topological polar surface area (TPSA) is 107 Å². The van der Waals surface area contributed by atoms with Gasteiger partial charge in [0.15, 0.2) is 0 Å². The first-order valence-corrected chi connectivity index (χ1v) is 11.1. The van der Waals surface area contributed by atoms with Crippen LogP contribution in [0.15, 0.2) is 29.9 Å². The molecule has 1 unspecified atom stereocenters. The van der Waals surface area contributed by atoms with Gasteiger partial charge in [-0.1, -0.05) is 43.6 Å². The van der Waals surface area contributed by atoms with E-state index in [1.54, 1.807) is 6.07 Å². The largest absolute Gasteiger partial charge is 0.507 e. The van der Waals surface area contributed by atoms with Crippen LogP contribution in [-0.2, 0) is 11.2 Å². The van der Waals surface area contributed by atoms with E-state index < -0.39 is 18.7 Å². The van der Waals surface area contributed by atoms with Crippen LogP contribution in [0.25, 0.3) is 0 Å². The Morgan fingerprint density at radius 2 is 2.03 bits per heavy atom. The molecule has 6 heteroatoms. The molecule has 0 spiro atoms. The molecule has 31 heavy (non-hydrogen) atoms. The van der Waals surface area contributed by atoms with Crippen molar-refractivity contribution in [2.24, 2.45) is 5.92 Å². The molecule has 2 rings (SSSR count). The fourth-order valence-electron chi connectivity index (χ4n) is 4.24. The van der Waals surface area contributed by atoms with Crippen LogP contribution in [0.1, 0.15) is 80.3 Å². The molecule has 3 atom stereocenters. The number of hydrogen-bond acceptors (Lipinski definition) is 6. The first-order chi connectivity index (χ1) is 14.7. The summed E-state index contributed by atoms with van der Waals surface area (Å²) in [7, 11) is 0. The average molecular weight is 433 g/mol. The van der Waals surface area contributed by atoms with Crippen LogP contribution < -0.4 is 0 Å². The highest BCUT2D eigenvalue weighted by Crippen LogP contribution is 2.48. The van der Waals surface area contributed by atoms with Gasteiger partial charge < -0.3 is 25.2 Å². The van der Waals surface area contributed by atoms with Crippen molar-refractivity contribution >= 4 is 5.97 Å². The summed E-state index contributed by atoms with van der Waals surface area (Å²) in [6.45, 7) is 9.19. The maximum Gasteiger partial charge on any atom is 0.342 e. The molecule has 0 saturated carbocycles. The summed E-state index contributed by atoms with van der Waals surface area (Å²) in [4.78, 5) is 12.9. The van der Waals surface area contributed by atoms with Crippen LogP contribution in [-0.4, -0.2) is 45.7 Å². The summed E-state index contributed by atoms with van der Waals surface area (Å²) in [6.07, 6.45) is 5.84. The summed E-state index contributed by atoms with van der Waals surface area (Å²) in [5.74, 6) is -1.37. The lowest BCUT2D eigenvalue weighted by atomic mass is 9.73. The normalized spacial score (nSPS) is 19.6. The van der Waals surface area contributed by atoms with Gasteiger partial charge in [-0.05, 0) is 57.1 Å². The number of ether oxygens (including phenoxy) is 1. The van der Waals surface area contributed by atoms with Crippen molar-refractivity contribution in [1.82, 2.24) is 0 Å². The van der Waals surface area contributed by atoms with Gasteiger partial charge in [0.05, 0.1) is 6.61 Å². The number of allylic oxidation sites excluding steroid dienone is 3. The Morgan fingerprint density at radius 3 is 2.65 bits per heavy atom. The van der Waals surface area contributed by atoms with Crippen LogP contribution in [0.2, 0.25) is 0 Å². The number of esters is 1. The lowest BCUT2D eigenvalue weighted by Gasteiger charge is -2.32. The number of carbonyl (C=O) groups is 1. The van der Waals surface area contributed by atoms with E-state index in [1.165, 1.54) is 0 Å². The molecule has 0 saturated heterocycles. The third kappa shape index (κ3) is 6.11. The van der Waals surface area contributed by atoms with Gasteiger partial charge in [-0.15, -0.1) is 0 Å². The van der Waals surface area contributed by atoms with E-state index in [0.717, 1.165) is 43.3 Å². The molecule has 1 aliphatic carbocycles. The zero-order valence-electron chi connectivity index (χ0n) is 18.9. The fourth-order valence-corrected chi connectivity index (χ4v) is 4.24. The molecular weight excluding hydrogens is 396 g/mol. The van der Waals surface area contributed by atoms with E-state index in [0.29, 0.717) is 17.5 Å².